The molecule has 0 saturated carbocycles. The number of imidazole rings is 1. The van der Waals surface area contributed by atoms with E-state index in [9.17, 15) is 4.79 Å². The van der Waals surface area contributed by atoms with Crippen molar-refractivity contribution in [1.82, 2.24) is 19.7 Å². The molecule has 0 spiro atoms. The minimum atomic E-state index is -0.247. The number of hydrogen-bond donors (Lipinski definition) is 1. The van der Waals surface area contributed by atoms with Crippen LogP contribution in [0.25, 0.3) is 16.9 Å². The van der Waals surface area contributed by atoms with Crippen LogP contribution >= 0.6 is 0 Å². The van der Waals surface area contributed by atoms with Gasteiger partial charge in [-0.2, -0.15) is 0 Å². The molecule has 1 N–H and O–H groups in total. The quantitative estimate of drug-likeness (QED) is 0.610. The number of hydrogen-bond acceptors (Lipinski definition) is 5. The Morgan fingerprint density at radius 1 is 1.19 bits per heavy atom. The Kier molecular flexibility index (Phi) is 3.96. The summed E-state index contributed by atoms with van der Waals surface area (Å²) in [5, 5.41) is 6.76. The van der Waals surface area contributed by atoms with Crippen LogP contribution in [0.3, 0.4) is 0 Å². The number of aryl methyl sites for hydroxylation is 2. The van der Waals surface area contributed by atoms with E-state index in [0.717, 1.165) is 16.9 Å². The predicted octanol–water partition coefficient (Wildman–Crippen LogP) is 3.53. The molecule has 0 aliphatic rings. The number of nitrogens with one attached hydrogen (secondary N) is 1. The van der Waals surface area contributed by atoms with Crippen molar-refractivity contribution in [1.29, 1.82) is 0 Å². The number of pyridine rings is 1. The van der Waals surface area contributed by atoms with Gasteiger partial charge in [0.15, 0.2) is 0 Å². The van der Waals surface area contributed by atoms with Gasteiger partial charge in [-0.15, -0.1) is 0 Å². The Labute approximate surface area is 149 Å². The van der Waals surface area contributed by atoms with Crippen molar-refractivity contribution in [2.45, 2.75) is 20.3 Å². The van der Waals surface area contributed by atoms with E-state index in [1.807, 2.05) is 47.9 Å². The van der Waals surface area contributed by atoms with E-state index in [-0.39, 0.29) is 5.91 Å². The lowest BCUT2D eigenvalue weighted by molar-refractivity contribution is 0.102. The third-order valence-electron chi connectivity index (χ3n) is 4.20. The van der Waals surface area contributed by atoms with Crippen LogP contribution < -0.4 is 5.32 Å². The highest BCUT2D eigenvalue weighted by atomic mass is 16.5. The van der Waals surface area contributed by atoms with Crippen molar-refractivity contribution in [2.24, 2.45) is 0 Å². The summed E-state index contributed by atoms with van der Waals surface area (Å²) in [6, 6.07) is 11.5. The molecule has 26 heavy (non-hydrogen) atoms. The SMILES string of the molecule is CCc1noc(C)c1C(=O)Nc1ccc(-n2cnc3ccccc32)nc1. The molecule has 0 atom stereocenters. The minimum absolute atomic E-state index is 0.247. The number of aromatic nitrogens is 4. The summed E-state index contributed by atoms with van der Waals surface area (Å²) in [7, 11) is 0. The van der Waals surface area contributed by atoms with Crippen LogP contribution in [-0.4, -0.2) is 25.6 Å². The van der Waals surface area contributed by atoms with Gasteiger partial charge in [-0.05, 0) is 37.6 Å². The zero-order chi connectivity index (χ0) is 18.1. The third-order valence-corrected chi connectivity index (χ3v) is 4.20. The lowest BCUT2D eigenvalue weighted by Crippen LogP contribution is -2.14. The molecule has 3 heterocycles. The summed E-state index contributed by atoms with van der Waals surface area (Å²) >= 11 is 0. The van der Waals surface area contributed by atoms with Crippen molar-refractivity contribution in [3.05, 3.63) is 65.9 Å². The number of rotatable bonds is 4. The average molecular weight is 347 g/mol. The van der Waals surface area contributed by atoms with Gasteiger partial charge in [-0.25, -0.2) is 9.97 Å². The van der Waals surface area contributed by atoms with Gasteiger partial charge < -0.3 is 9.84 Å². The fourth-order valence-electron chi connectivity index (χ4n) is 2.89. The Balaban J connectivity index is 1.58. The van der Waals surface area contributed by atoms with Gasteiger partial charge in [0.25, 0.3) is 5.91 Å². The second-order valence-electron chi connectivity index (χ2n) is 5.88. The lowest BCUT2D eigenvalue weighted by Gasteiger charge is -2.07. The van der Waals surface area contributed by atoms with Crippen molar-refractivity contribution in [3.8, 4) is 5.82 Å². The number of para-hydroxylation sites is 2. The highest BCUT2D eigenvalue weighted by molar-refractivity contribution is 6.05. The number of nitrogens with zero attached hydrogens (tertiary/aromatic N) is 4. The van der Waals surface area contributed by atoms with E-state index >= 15 is 0 Å². The van der Waals surface area contributed by atoms with Crippen LogP contribution in [0, 0.1) is 6.92 Å². The molecule has 7 heteroatoms. The van der Waals surface area contributed by atoms with Crippen LogP contribution in [0.2, 0.25) is 0 Å². The molecular weight excluding hydrogens is 330 g/mol. The topological polar surface area (TPSA) is 85.8 Å². The number of carbonyl (C=O) groups excluding carboxylic acids is 1. The highest BCUT2D eigenvalue weighted by Gasteiger charge is 2.19. The first-order valence-electron chi connectivity index (χ1n) is 8.32. The summed E-state index contributed by atoms with van der Waals surface area (Å²) in [6.07, 6.45) is 3.99. The minimum Gasteiger partial charge on any atom is -0.361 e. The Hall–Kier alpha value is -3.48. The number of carbonyl (C=O) groups is 1. The second-order valence-corrected chi connectivity index (χ2v) is 5.88. The monoisotopic (exact) mass is 347 g/mol. The molecule has 1 amide bonds. The molecule has 7 nitrogen and oxygen atoms in total. The molecule has 4 rings (SSSR count). The molecule has 0 unspecified atom stereocenters. The Bertz CT molecular complexity index is 1080. The first-order chi connectivity index (χ1) is 12.7. The largest absolute Gasteiger partial charge is 0.361 e. The molecule has 0 radical (unpaired) electrons. The highest BCUT2D eigenvalue weighted by Crippen LogP contribution is 2.19. The van der Waals surface area contributed by atoms with E-state index in [4.69, 9.17) is 4.52 Å². The van der Waals surface area contributed by atoms with Gasteiger partial charge >= 0.3 is 0 Å². The van der Waals surface area contributed by atoms with Crippen LogP contribution in [-0.2, 0) is 6.42 Å². The van der Waals surface area contributed by atoms with E-state index in [0.29, 0.717) is 29.1 Å². The molecule has 3 aromatic heterocycles. The van der Waals surface area contributed by atoms with Crippen LogP contribution in [0.15, 0.2) is 53.4 Å². The molecule has 0 saturated heterocycles. The van der Waals surface area contributed by atoms with E-state index in [2.05, 4.69) is 20.4 Å². The first kappa shape index (κ1) is 16.0. The molecule has 0 bridgehead atoms. The molecule has 0 fully saturated rings. The van der Waals surface area contributed by atoms with Gasteiger partial charge in [-0.1, -0.05) is 24.2 Å². The summed E-state index contributed by atoms with van der Waals surface area (Å²) in [6.45, 7) is 3.66. The number of amides is 1. The fraction of sp³-hybridized carbons (Fsp3) is 0.158. The number of fused-ring (bicyclic) bond motifs is 1. The van der Waals surface area contributed by atoms with Gasteiger partial charge in [-0.3, -0.25) is 9.36 Å². The molecule has 1 aromatic carbocycles. The fourth-order valence-corrected chi connectivity index (χ4v) is 2.89. The first-order valence-corrected chi connectivity index (χ1v) is 8.32. The summed E-state index contributed by atoms with van der Waals surface area (Å²) < 4.78 is 7.02. The molecule has 0 aliphatic carbocycles. The molecule has 130 valence electrons. The third kappa shape index (κ3) is 2.73. The van der Waals surface area contributed by atoms with Crippen LogP contribution in [0.1, 0.15) is 28.7 Å². The Morgan fingerprint density at radius 3 is 2.81 bits per heavy atom. The van der Waals surface area contributed by atoms with Gasteiger partial charge in [0.05, 0.1) is 28.6 Å². The zero-order valence-electron chi connectivity index (χ0n) is 14.4. The summed E-state index contributed by atoms with van der Waals surface area (Å²) in [5.74, 6) is 0.990. The molecular formula is C19H17N5O2. The van der Waals surface area contributed by atoms with E-state index < -0.39 is 0 Å². The standard InChI is InChI=1S/C19H17N5O2/c1-3-14-18(12(2)26-23-14)19(25)22-13-8-9-17(20-10-13)24-11-21-15-6-4-5-7-16(15)24/h4-11H,3H2,1-2H3,(H,22,25). The summed E-state index contributed by atoms with van der Waals surface area (Å²) in [5.41, 5.74) is 3.61. The van der Waals surface area contributed by atoms with Crippen molar-refractivity contribution < 1.29 is 9.32 Å². The van der Waals surface area contributed by atoms with Crippen molar-refractivity contribution >= 4 is 22.6 Å². The maximum Gasteiger partial charge on any atom is 0.261 e. The predicted molar refractivity (Wildman–Crippen MR) is 97.4 cm³/mol. The van der Waals surface area contributed by atoms with Crippen LogP contribution in [0.4, 0.5) is 5.69 Å². The van der Waals surface area contributed by atoms with Crippen molar-refractivity contribution in [3.63, 3.8) is 0 Å². The zero-order valence-corrected chi connectivity index (χ0v) is 14.4. The summed E-state index contributed by atoms with van der Waals surface area (Å²) in [4.78, 5) is 21.3. The van der Waals surface area contributed by atoms with E-state index in [1.54, 1.807) is 19.4 Å². The molecule has 4 aromatic rings. The normalized spacial score (nSPS) is 11.0. The smallest absolute Gasteiger partial charge is 0.261 e. The maximum absolute atomic E-state index is 12.5. The number of benzene rings is 1. The number of anilines is 1. The maximum atomic E-state index is 12.5. The van der Waals surface area contributed by atoms with Gasteiger partial charge in [0.1, 0.15) is 23.5 Å². The molecule has 0 aliphatic heterocycles. The lowest BCUT2D eigenvalue weighted by atomic mass is 10.1. The second kappa shape index (κ2) is 6.44. The van der Waals surface area contributed by atoms with Gasteiger partial charge in [0, 0.05) is 0 Å². The average Bonchev–Trinajstić information content (AvgIpc) is 3.25. The van der Waals surface area contributed by atoms with E-state index in [1.165, 1.54) is 0 Å². The van der Waals surface area contributed by atoms with Crippen molar-refractivity contribution in [2.75, 3.05) is 5.32 Å². The Morgan fingerprint density at radius 2 is 2.04 bits per heavy atom. The van der Waals surface area contributed by atoms with Crippen LogP contribution in [0.5, 0.6) is 0 Å². The van der Waals surface area contributed by atoms with Gasteiger partial charge in [0.2, 0.25) is 0 Å².